The number of sulfone groups is 1. The van der Waals surface area contributed by atoms with Crippen molar-refractivity contribution in [1.29, 1.82) is 0 Å². The molecule has 1 N–H and O–H groups in total. The van der Waals surface area contributed by atoms with Crippen molar-refractivity contribution in [3.05, 3.63) is 72.1 Å². The van der Waals surface area contributed by atoms with Crippen LogP contribution in [0.5, 0.6) is 0 Å². The van der Waals surface area contributed by atoms with Crippen LogP contribution < -0.4 is 11.2 Å². The first-order valence-corrected chi connectivity index (χ1v) is 15.8. The number of benzene rings is 2. The molecule has 4 rings (SSSR count). The first-order valence-electron chi connectivity index (χ1n) is 13.4. The number of hydrogen-bond donors (Lipinski definition) is 1. The summed E-state index contributed by atoms with van der Waals surface area (Å²) < 4.78 is 46.9. The van der Waals surface area contributed by atoms with Gasteiger partial charge in [-0.05, 0) is 57.0 Å². The Morgan fingerprint density at radius 2 is 1.88 bits per heavy atom. The van der Waals surface area contributed by atoms with Gasteiger partial charge in [-0.3, -0.25) is 14.3 Å². The average molecular weight is 644 g/mol. The molecule has 1 fully saturated rings. The highest BCUT2D eigenvalue weighted by molar-refractivity contribution is 7.91. The van der Waals surface area contributed by atoms with Crippen LogP contribution >= 0.6 is 23.2 Å². The van der Waals surface area contributed by atoms with Crippen LogP contribution in [-0.4, -0.2) is 71.4 Å². The predicted molar refractivity (Wildman–Crippen MR) is 160 cm³/mol. The Morgan fingerprint density at radius 1 is 1.19 bits per heavy atom. The first-order chi connectivity index (χ1) is 19.5. The molecule has 3 aromatic rings. The number of aromatic nitrogens is 2. The summed E-state index contributed by atoms with van der Waals surface area (Å²) in [6.45, 7) is 7.53. The molecule has 1 amide bonds. The van der Waals surface area contributed by atoms with E-state index in [1.807, 2.05) is 4.90 Å². The van der Waals surface area contributed by atoms with E-state index in [2.05, 4.69) is 4.98 Å². The van der Waals surface area contributed by atoms with E-state index in [0.29, 0.717) is 19.5 Å². The summed E-state index contributed by atoms with van der Waals surface area (Å²) in [6.07, 6.45) is 0.193. The number of rotatable bonds is 7. The lowest BCUT2D eigenvalue weighted by Gasteiger charge is -2.28. The Morgan fingerprint density at radius 3 is 2.52 bits per heavy atom. The number of likely N-dealkylation sites (N-methyl/N-ethyl adjacent to an activating group) is 1. The standard InChI is InChI=1S/C28H33Cl2FN4O6S/c1-6-42(39,40)22-8-7-17(29)11-16(22)13-35-25(36)19-12-21(31)20(23(30)24(19)32-26(35)37)15-34-10-9-18(14-34)33(5)27(38)41-28(2,3)4/h7-8,11-12,18H,6,9-10,13-15H2,1-5H3,(H,32,37)/t18-/m0/s1. The van der Waals surface area contributed by atoms with Gasteiger partial charge in [-0.25, -0.2) is 22.4 Å². The Kier molecular flexibility index (Phi) is 9.13. The van der Waals surface area contributed by atoms with Crippen molar-refractivity contribution in [3.8, 4) is 0 Å². The van der Waals surface area contributed by atoms with Crippen molar-refractivity contribution in [2.24, 2.45) is 0 Å². The minimum atomic E-state index is -3.69. The van der Waals surface area contributed by atoms with Gasteiger partial charge >= 0.3 is 11.8 Å². The fourth-order valence-electron chi connectivity index (χ4n) is 4.93. The van der Waals surface area contributed by atoms with Crippen LogP contribution in [-0.2, 0) is 27.7 Å². The molecule has 2 heterocycles. The zero-order valence-electron chi connectivity index (χ0n) is 24.0. The number of H-pyrrole nitrogens is 1. The molecular weight excluding hydrogens is 610 g/mol. The fourth-order valence-corrected chi connectivity index (χ4v) is 6.53. The van der Waals surface area contributed by atoms with Crippen molar-refractivity contribution < 1.29 is 22.3 Å². The number of nitrogens with zero attached hydrogens (tertiary/aromatic N) is 3. The number of aromatic amines is 1. The number of likely N-dealkylation sites (tertiary alicyclic amines) is 1. The lowest BCUT2D eigenvalue weighted by molar-refractivity contribution is 0.0228. The molecule has 1 aromatic heterocycles. The van der Waals surface area contributed by atoms with E-state index in [9.17, 15) is 22.8 Å². The van der Waals surface area contributed by atoms with Gasteiger partial charge in [0, 0.05) is 43.3 Å². The lowest BCUT2D eigenvalue weighted by atomic mass is 10.1. The maximum atomic E-state index is 15.4. The summed E-state index contributed by atoms with van der Waals surface area (Å²) >= 11 is 12.6. The normalized spacial score (nSPS) is 16.2. The highest BCUT2D eigenvalue weighted by atomic mass is 35.5. The SMILES string of the molecule is CCS(=O)(=O)c1ccc(Cl)cc1Cn1c(=O)[nH]c2c(Cl)c(CN3CC[C@H](N(C)C(=O)OC(C)(C)C)C3)c(F)cc2c1=O. The molecule has 0 bridgehead atoms. The molecule has 2 aromatic carbocycles. The Balaban J connectivity index is 1.64. The number of ether oxygens (including phenoxy) is 1. The van der Waals surface area contributed by atoms with Gasteiger partial charge in [-0.2, -0.15) is 0 Å². The van der Waals surface area contributed by atoms with Gasteiger partial charge in [0.05, 0.1) is 33.1 Å². The molecule has 10 nitrogen and oxygen atoms in total. The predicted octanol–water partition coefficient (Wildman–Crippen LogP) is 4.42. The quantitative estimate of drug-likeness (QED) is 0.405. The number of amides is 1. The highest BCUT2D eigenvalue weighted by Gasteiger charge is 2.32. The molecule has 0 unspecified atom stereocenters. The van der Waals surface area contributed by atoms with E-state index >= 15 is 4.39 Å². The third-order valence-electron chi connectivity index (χ3n) is 7.19. The van der Waals surface area contributed by atoms with Crippen molar-refractivity contribution in [3.63, 3.8) is 0 Å². The Labute approximate surface area is 252 Å². The summed E-state index contributed by atoms with van der Waals surface area (Å²) in [6, 6.07) is 4.99. The van der Waals surface area contributed by atoms with Crippen LogP contribution in [0.1, 0.15) is 45.2 Å². The smallest absolute Gasteiger partial charge is 0.410 e. The molecule has 0 spiro atoms. The minimum Gasteiger partial charge on any atom is -0.444 e. The van der Waals surface area contributed by atoms with Gasteiger partial charge < -0.3 is 14.6 Å². The van der Waals surface area contributed by atoms with E-state index in [-0.39, 0.29) is 55.3 Å². The average Bonchev–Trinajstić information content (AvgIpc) is 3.37. The molecule has 228 valence electrons. The summed E-state index contributed by atoms with van der Waals surface area (Å²) in [4.78, 5) is 44.9. The molecule has 42 heavy (non-hydrogen) atoms. The molecule has 1 atom stereocenters. The maximum Gasteiger partial charge on any atom is 0.410 e. The van der Waals surface area contributed by atoms with Crippen LogP contribution in [0.25, 0.3) is 10.9 Å². The van der Waals surface area contributed by atoms with Crippen molar-refractivity contribution in [2.75, 3.05) is 25.9 Å². The number of carbonyl (C=O) groups is 1. The number of hydrogen-bond acceptors (Lipinski definition) is 7. The third kappa shape index (κ3) is 6.66. The van der Waals surface area contributed by atoms with Crippen LogP contribution in [0.4, 0.5) is 9.18 Å². The molecule has 1 aliphatic heterocycles. The topological polar surface area (TPSA) is 122 Å². The molecule has 1 saturated heterocycles. The highest BCUT2D eigenvalue weighted by Crippen LogP contribution is 2.30. The second kappa shape index (κ2) is 12.0. The summed E-state index contributed by atoms with van der Waals surface area (Å²) in [7, 11) is -2.03. The molecule has 1 aliphatic rings. The van der Waals surface area contributed by atoms with Gasteiger partial charge in [-0.15, -0.1) is 0 Å². The third-order valence-corrected chi connectivity index (χ3v) is 9.67. The number of halogens is 3. The van der Waals surface area contributed by atoms with Gasteiger partial charge in [0.25, 0.3) is 5.56 Å². The fraction of sp³-hybridized carbons (Fsp3) is 0.464. The van der Waals surface area contributed by atoms with E-state index in [0.717, 1.165) is 10.6 Å². The van der Waals surface area contributed by atoms with E-state index in [4.69, 9.17) is 27.9 Å². The largest absolute Gasteiger partial charge is 0.444 e. The van der Waals surface area contributed by atoms with E-state index in [1.54, 1.807) is 27.8 Å². The maximum absolute atomic E-state index is 15.4. The van der Waals surface area contributed by atoms with E-state index < -0.39 is 45.1 Å². The van der Waals surface area contributed by atoms with Crippen molar-refractivity contribution >= 4 is 50.0 Å². The minimum absolute atomic E-state index is 0.0200. The van der Waals surface area contributed by atoms with Gasteiger partial charge in [-0.1, -0.05) is 30.1 Å². The van der Waals surface area contributed by atoms with Gasteiger partial charge in [0.15, 0.2) is 9.84 Å². The number of nitrogens with one attached hydrogen (secondary N) is 1. The molecule has 14 heteroatoms. The number of fused-ring (bicyclic) bond motifs is 1. The first kappa shape index (κ1) is 32.0. The summed E-state index contributed by atoms with van der Waals surface area (Å²) in [5.41, 5.74) is -2.07. The van der Waals surface area contributed by atoms with E-state index in [1.165, 1.54) is 30.0 Å². The van der Waals surface area contributed by atoms with Gasteiger partial charge in [0.2, 0.25) is 0 Å². The second-order valence-corrected chi connectivity index (χ2v) is 14.4. The molecular formula is C28H33Cl2FN4O6S. The Bertz CT molecular complexity index is 1770. The van der Waals surface area contributed by atoms with Crippen LogP contribution in [0, 0.1) is 5.82 Å². The summed E-state index contributed by atoms with van der Waals surface area (Å²) in [5, 5.41) is -0.0375. The zero-order chi connectivity index (χ0) is 31.1. The van der Waals surface area contributed by atoms with Crippen molar-refractivity contribution in [1.82, 2.24) is 19.4 Å². The zero-order valence-corrected chi connectivity index (χ0v) is 26.3. The van der Waals surface area contributed by atoms with Crippen LogP contribution in [0.15, 0.2) is 38.8 Å². The second-order valence-electron chi connectivity index (χ2n) is 11.3. The monoisotopic (exact) mass is 642 g/mol. The lowest BCUT2D eigenvalue weighted by Crippen LogP contribution is -2.42. The number of carbonyl (C=O) groups excluding carboxylic acids is 1. The van der Waals surface area contributed by atoms with Gasteiger partial charge in [0.1, 0.15) is 11.4 Å². The van der Waals surface area contributed by atoms with Crippen molar-refractivity contribution in [2.45, 2.75) is 63.7 Å². The Hall–Kier alpha value is -2.93. The van der Waals surface area contributed by atoms with Crippen LogP contribution in [0.3, 0.4) is 0 Å². The summed E-state index contributed by atoms with van der Waals surface area (Å²) in [5.74, 6) is -0.923. The molecule has 0 saturated carbocycles. The van der Waals surface area contributed by atoms with Crippen LogP contribution in [0.2, 0.25) is 10.0 Å². The molecule has 0 aliphatic carbocycles. The molecule has 0 radical (unpaired) electrons.